The lowest BCUT2D eigenvalue weighted by atomic mass is 9.92. The lowest BCUT2D eigenvalue weighted by molar-refractivity contribution is -0.274. The zero-order valence-electron chi connectivity index (χ0n) is 9.83. The fraction of sp³-hybridized carbons (Fsp3) is 0.500. The average molecular weight is 261 g/mol. The molecule has 2 rings (SSSR count). The van der Waals surface area contributed by atoms with Gasteiger partial charge in [-0.05, 0) is 24.7 Å². The molecule has 0 aromatic heterocycles. The fourth-order valence-corrected chi connectivity index (χ4v) is 2.00. The normalized spacial score (nSPS) is 18.2. The molecule has 18 heavy (non-hydrogen) atoms. The van der Waals surface area contributed by atoms with Crippen LogP contribution in [0.5, 0.6) is 5.75 Å². The number of alkyl halides is 3. The zero-order chi connectivity index (χ0) is 13.2. The van der Waals surface area contributed by atoms with Gasteiger partial charge in [0.25, 0.3) is 0 Å². The van der Waals surface area contributed by atoms with Crippen molar-refractivity contribution in [2.75, 3.05) is 20.3 Å². The summed E-state index contributed by atoms with van der Waals surface area (Å²) in [5.41, 5.74) is 0.931. The number of nitrogens with one attached hydrogen (secondary N) is 1. The second-order valence-corrected chi connectivity index (χ2v) is 4.18. The molecule has 0 saturated carbocycles. The average Bonchev–Trinajstić information content (AvgIpc) is 2.22. The fourth-order valence-electron chi connectivity index (χ4n) is 2.00. The summed E-state index contributed by atoms with van der Waals surface area (Å²) in [4.78, 5) is 0. The minimum Gasteiger partial charge on any atom is -0.406 e. The van der Waals surface area contributed by atoms with Crippen molar-refractivity contribution in [1.29, 1.82) is 0 Å². The van der Waals surface area contributed by atoms with Crippen molar-refractivity contribution >= 4 is 0 Å². The summed E-state index contributed by atoms with van der Waals surface area (Å²) in [7, 11) is 1.82. The van der Waals surface area contributed by atoms with E-state index in [1.807, 2.05) is 7.05 Å². The molecule has 1 fully saturated rings. The molecule has 3 nitrogen and oxygen atoms in total. The molecule has 6 heteroatoms. The molecule has 100 valence electrons. The van der Waals surface area contributed by atoms with Crippen LogP contribution in [0.1, 0.15) is 11.6 Å². The van der Waals surface area contributed by atoms with Gasteiger partial charge in [-0.15, -0.1) is 13.2 Å². The Morgan fingerprint density at radius 2 is 1.89 bits per heavy atom. The standard InChI is InChI=1S/C12H14F3NO2/c1-16-11(9-6-17-7-9)8-2-4-10(5-3-8)18-12(13,14)15/h2-5,9,11,16H,6-7H2,1H3. The van der Waals surface area contributed by atoms with E-state index in [2.05, 4.69) is 10.1 Å². The molecule has 1 atom stereocenters. The van der Waals surface area contributed by atoms with Crippen molar-refractivity contribution in [3.05, 3.63) is 29.8 Å². The second-order valence-electron chi connectivity index (χ2n) is 4.18. The number of hydrogen-bond donors (Lipinski definition) is 1. The Hall–Kier alpha value is -1.27. The van der Waals surface area contributed by atoms with E-state index in [9.17, 15) is 13.2 Å². The molecule has 1 heterocycles. The van der Waals surface area contributed by atoms with Crippen LogP contribution in [0.3, 0.4) is 0 Å². The summed E-state index contributed by atoms with van der Waals surface area (Å²) in [5.74, 6) is 0.162. The van der Waals surface area contributed by atoms with Crippen LogP contribution in [-0.4, -0.2) is 26.6 Å². The molecule has 0 spiro atoms. The third kappa shape index (κ3) is 3.14. The van der Waals surface area contributed by atoms with Crippen LogP contribution in [0, 0.1) is 5.92 Å². The van der Waals surface area contributed by atoms with Crippen LogP contribution >= 0.6 is 0 Å². The number of benzene rings is 1. The van der Waals surface area contributed by atoms with Gasteiger partial charge in [-0.1, -0.05) is 12.1 Å². The smallest absolute Gasteiger partial charge is 0.406 e. The Balaban J connectivity index is 2.06. The second kappa shape index (κ2) is 5.16. The monoisotopic (exact) mass is 261 g/mol. The summed E-state index contributed by atoms with van der Waals surface area (Å²) in [5, 5.41) is 3.14. The largest absolute Gasteiger partial charge is 0.573 e. The van der Waals surface area contributed by atoms with Crippen molar-refractivity contribution in [2.24, 2.45) is 5.92 Å². The Labute approximate surface area is 103 Å². The van der Waals surface area contributed by atoms with Gasteiger partial charge in [0.2, 0.25) is 0 Å². The first-order valence-electron chi connectivity index (χ1n) is 5.60. The lowest BCUT2D eigenvalue weighted by Gasteiger charge is -2.33. The molecule has 0 bridgehead atoms. The Kier molecular flexibility index (Phi) is 3.77. The molecule has 0 aliphatic carbocycles. The molecule has 0 radical (unpaired) electrons. The quantitative estimate of drug-likeness (QED) is 0.903. The summed E-state index contributed by atoms with van der Waals surface area (Å²) < 4.78 is 45.0. The first kappa shape index (κ1) is 13.2. The highest BCUT2D eigenvalue weighted by atomic mass is 19.4. The van der Waals surface area contributed by atoms with E-state index in [4.69, 9.17) is 4.74 Å². The van der Waals surface area contributed by atoms with Gasteiger partial charge in [0.15, 0.2) is 0 Å². The highest BCUT2D eigenvalue weighted by Gasteiger charge is 2.31. The van der Waals surface area contributed by atoms with Crippen LogP contribution in [-0.2, 0) is 4.74 Å². The van der Waals surface area contributed by atoms with E-state index < -0.39 is 6.36 Å². The molecule has 1 aromatic carbocycles. The van der Waals surface area contributed by atoms with Crippen molar-refractivity contribution in [3.63, 3.8) is 0 Å². The topological polar surface area (TPSA) is 30.5 Å². The van der Waals surface area contributed by atoms with Crippen molar-refractivity contribution in [2.45, 2.75) is 12.4 Å². The summed E-state index contributed by atoms with van der Waals surface area (Å²) in [6, 6.07) is 6.03. The number of rotatable bonds is 4. The molecule has 1 unspecified atom stereocenters. The molecule has 1 saturated heterocycles. The van der Waals surface area contributed by atoms with E-state index >= 15 is 0 Å². The van der Waals surface area contributed by atoms with Gasteiger partial charge in [-0.25, -0.2) is 0 Å². The molecular formula is C12H14F3NO2. The SMILES string of the molecule is CNC(c1ccc(OC(F)(F)F)cc1)C1COC1. The van der Waals surface area contributed by atoms with Crippen molar-refractivity contribution in [1.82, 2.24) is 5.32 Å². The van der Waals surface area contributed by atoms with E-state index in [-0.39, 0.29) is 11.8 Å². The van der Waals surface area contributed by atoms with Gasteiger partial charge in [-0.2, -0.15) is 0 Å². The zero-order valence-corrected chi connectivity index (χ0v) is 9.83. The van der Waals surface area contributed by atoms with Gasteiger partial charge in [0, 0.05) is 12.0 Å². The molecule has 1 aromatic rings. The van der Waals surface area contributed by atoms with Gasteiger partial charge in [-0.3, -0.25) is 0 Å². The number of hydrogen-bond acceptors (Lipinski definition) is 3. The minimum atomic E-state index is -4.65. The van der Waals surface area contributed by atoms with E-state index in [0.717, 1.165) is 5.56 Å². The third-order valence-corrected chi connectivity index (χ3v) is 2.92. The van der Waals surface area contributed by atoms with Crippen LogP contribution in [0.25, 0.3) is 0 Å². The summed E-state index contributed by atoms with van der Waals surface area (Å²) in [6.45, 7) is 1.35. The summed E-state index contributed by atoms with van der Waals surface area (Å²) >= 11 is 0. The maximum Gasteiger partial charge on any atom is 0.573 e. The van der Waals surface area contributed by atoms with Crippen LogP contribution in [0.4, 0.5) is 13.2 Å². The van der Waals surface area contributed by atoms with E-state index in [0.29, 0.717) is 19.1 Å². The maximum absolute atomic E-state index is 12.0. The Morgan fingerprint density at radius 3 is 2.28 bits per heavy atom. The van der Waals surface area contributed by atoms with Gasteiger partial charge < -0.3 is 14.8 Å². The summed E-state index contributed by atoms with van der Waals surface area (Å²) in [6.07, 6.45) is -4.65. The minimum absolute atomic E-state index is 0.0960. The third-order valence-electron chi connectivity index (χ3n) is 2.92. The highest BCUT2D eigenvalue weighted by Crippen LogP contribution is 2.30. The molecule has 1 aliphatic rings. The molecular weight excluding hydrogens is 247 g/mol. The highest BCUT2D eigenvalue weighted by molar-refractivity contribution is 5.30. The number of halogens is 3. The maximum atomic E-state index is 12.0. The van der Waals surface area contributed by atoms with Crippen molar-refractivity contribution < 1.29 is 22.6 Å². The predicted octanol–water partition coefficient (Wildman–Crippen LogP) is 2.49. The van der Waals surface area contributed by atoms with Crippen molar-refractivity contribution in [3.8, 4) is 5.75 Å². The number of ether oxygens (including phenoxy) is 2. The van der Waals surface area contributed by atoms with Crippen LogP contribution < -0.4 is 10.1 Å². The van der Waals surface area contributed by atoms with Gasteiger partial charge >= 0.3 is 6.36 Å². The van der Waals surface area contributed by atoms with E-state index in [1.54, 1.807) is 12.1 Å². The predicted molar refractivity (Wildman–Crippen MR) is 59.2 cm³/mol. The Morgan fingerprint density at radius 1 is 1.28 bits per heavy atom. The lowest BCUT2D eigenvalue weighted by Crippen LogP contribution is -2.38. The van der Waals surface area contributed by atoms with Gasteiger partial charge in [0.05, 0.1) is 13.2 Å². The van der Waals surface area contributed by atoms with Crippen LogP contribution in [0.2, 0.25) is 0 Å². The Bertz CT molecular complexity index is 387. The first-order chi connectivity index (χ1) is 8.49. The van der Waals surface area contributed by atoms with E-state index in [1.165, 1.54) is 12.1 Å². The molecule has 1 N–H and O–H groups in total. The first-order valence-corrected chi connectivity index (χ1v) is 5.60. The molecule has 0 amide bonds. The van der Waals surface area contributed by atoms with Crippen LogP contribution in [0.15, 0.2) is 24.3 Å². The molecule has 1 aliphatic heterocycles. The van der Waals surface area contributed by atoms with Gasteiger partial charge in [0.1, 0.15) is 5.75 Å².